The molecule has 1 aliphatic rings. The first-order valence-electron chi connectivity index (χ1n) is 5.43. The Labute approximate surface area is 95.5 Å². The minimum atomic E-state index is -3.30. The molecule has 0 aromatic rings. The lowest BCUT2D eigenvalue weighted by molar-refractivity contribution is -0.120. The Morgan fingerprint density at radius 1 is 1.56 bits per heavy atom. The number of carbonyl (C=O) groups is 1. The molecule has 1 amide bonds. The van der Waals surface area contributed by atoms with Crippen LogP contribution in [0.1, 0.15) is 26.7 Å². The van der Waals surface area contributed by atoms with Gasteiger partial charge in [-0.05, 0) is 20.3 Å². The van der Waals surface area contributed by atoms with Gasteiger partial charge in [-0.3, -0.25) is 4.79 Å². The van der Waals surface area contributed by atoms with E-state index in [0.717, 1.165) is 0 Å². The molecular weight excluding hydrogens is 233 g/mol. The van der Waals surface area contributed by atoms with Crippen LogP contribution >= 0.6 is 0 Å². The largest absolute Gasteiger partial charge is 0.356 e. The maximum Gasteiger partial charge on any atom is 0.221 e. The fourth-order valence-corrected chi connectivity index (χ4v) is 3.32. The zero-order valence-corrected chi connectivity index (χ0v) is 10.4. The lowest BCUT2D eigenvalue weighted by Gasteiger charge is -2.04. The number of hydrogen-bond donors (Lipinski definition) is 1. The van der Waals surface area contributed by atoms with E-state index in [1.807, 2.05) is 0 Å². The van der Waals surface area contributed by atoms with Crippen molar-refractivity contribution >= 4 is 15.7 Å². The molecule has 1 N–H and O–H groups in total. The summed E-state index contributed by atoms with van der Waals surface area (Å²) in [5.74, 6) is -0.984. The van der Waals surface area contributed by atoms with Gasteiger partial charge >= 0.3 is 0 Å². The Hall–Kier alpha value is -0.650. The number of amides is 1. The van der Waals surface area contributed by atoms with Gasteiger partial charge in [0.1, 0.15) is 5.67 Å². The van der Waals surface area contributed by atoms with E-state index < -0.39 is 15.5 Å². The summed E-state index contributed by atoms with van der Waals surface area (Å²) in [7, 11) is -3.30. The van der Waals surface area contributed by atoms with Gasteiger partial charge in [0.25, 0.3) is 0 Å². The topological polar surface area (TPSA) is 63.2 Å². The normalized spacial score (nSPS) is 28.8. The van der Waals surface area contributed by atoms with Crippen molar-refractivity contribution in [2.75, 3.05) is 18.1 Å². The number of hydrogen-bond acceptors (Lipinski definition) is 3. The maximum atomic E-state index is 13.2. The van der Waals surface area contributed by atoms with Crippen LogP contribution in [0, 0.1) is 5.92 Å². The van der Waals surface area contributed by atoms with Crippen LogP contribution in [0.4, 0.5) is 4.39 Å². The van der Waals surface area contributed by atoms with Gasteiger partial charge in [-0.2, -0.15) is 0 Å². The van der Waals surface area contributed by atoms with E-state index in [-0.39, 0.29) is 29.8 Å². The zero-order chi connectivity index (χ0) is 12.4. The summed E-state index contributed by atoms with van der Waals surface area (Å²) in [5.41, 5.74) is -1.32. The van der Waals surface area contributed by atoms with Crippen LogP contribution in [0.2, 0.25) is 0 Å². The highest BCUT2D eigenvalue weighted by atomic mass is 32.2. The van der Waals surface area contributed by atoms with Crippen molar-refractivity contribution in [1.82, 2.24) is 5.32 Å². The zero-order valence-electron chi connectivity index (χ0n) is 9.62. The third kappa shape index (κ3) is 4.08. The number of sulfone groups is 1. The smallest absolute Gasteiger partial charge is 0.221 e. The van der Waals surface area contributed by atoms with Crippen LogP contribution in [0.25, 0.3) is 0 Å². The van der Waals surface area contributed by atoms with Gasteiger partial charge < -0.3 is 5.32 Å². The first kappa shape index (κ1) is 13.4. The number of halogens is 1. The Kier molecular flexibility index (Phi) is 3.93. The Bertz CT molecular complexity index is 364. The van der Waals surface area contributed by atoms with Crippen molar-refractivity contribution in [3.8, 4) is 0 Å². The maximum absolute atomic E-state index is 13.2. The van der Waals surface area contributed by atoms with Gasteiger partial charge in [-0.1, -0.05) is 0 Å². The SMILES string of the molecule is CCNC(=O)CCS(=O)(=O)CC1CC1(C)F. The van der Waals surface area contributed by atoms with E-state index in [9.17, 15) is 17.6 Å². The Balaban J connectivity index is 2.33. The molecule has 16 heavy (non-hydrogen) atoms. The van der Waals surface area contributed by atoms with Crippen LogP contribution in [0.3, 0.4) is 0 Å². The molecule has 0 aromatic carbocycles. The van der Waals surface area contributed by atoms with Crippen molar-refractivity contribution in [2.24, 2.45) is 5.92 Å². The van der Waals surface area contributed by atoms with Crippen molar-refractivity contribution in [2.45, 2.75) is 32.4 Å². The van der Waals surface area contributed by atoms with Gasteiger partial charge in [0.05, 0.1) is 11.5 Å². The molecule has 1 aliphatic carbocycles. The fraction of sp³-hybridized carbons (Fsp3) is 0.900. The number of alkyl halides is 1. The van der Waals surface area contributed by atoms with Gasteiger partial charge in [-0.15, -0.1) is 0 Å². The van der Waals surface area contributed by atoms with Crippen molar-refractivity contribution in [1.29, 1.82) is 0 Å². The second-order valence-corrected chi connectivity index (χ2v) is 6.73. The molecule has 0 bridgehead atoms. The predicted molar refractivity (Wildman–Crippen MR) is 59.6 cm³/mol. The van der Waals surface area contributed by atoms with Gasteiger partial charge in [0.2, 0.25) is 5.91 Å². The summed E-state index contributed by atoms with van der Waals surface area (Å²) in [6, 6.07) is 0. The van der Waals surface area contributed by atoms with Crippen molar-refractivity contribution in [3.05, 3.63) is 0 Å². The van der Waals surface area contributed by atoms with E-state index >= 15 is 0 Å². The number of nitrogens with one attached hydrogen (secondary N) is 1. The first-order chi connectivity index (χ1) is 7.27. The molecule has 1 saturated carbocycles. The third-order valence-electron chi connectivity index (χ3n) is 2.81. The minimum Gasteiger partial charge on any atom is -0.356 e. The molecule has 0 heterocycles. The lowest BCUT2D eigenvalue weighted by Crippen LogP contribution is -2.26. The summed E-state index contributed by atoms with van der Waals surface area (Å²) in [6.07, 6.45) is 0.277. The van der Waals surface area contributed by atoms with Crippen LogP contribution in [-0.2, 0) is 14.6 Å². The second kappa shape index (κ2) is 4.69. The summed E-state index contributed by atoms with van der Waals surface area (Å²) in [5, 5.41) is 2.53. The molecule has 1 fully saturated rings. The van der Waals surface area contributed by atoms with Crippen LogP contribution in [-0.4, -0.2) is 38.0 Å². The Morgan fingerprint density at radius 3 is 2.56 bits per heavy atom. The van der Waals surface area contributed by atoms with Gasteiger partial charge in [-0.25, -0.2) is 12.8 Å². The average molecular weight is 251 g/mol. The molecule has 1 rings (SSSR count). The van der Waals surface area contributed by atoms with Crippen LogP contribution in [0.5, 0.6) is 0 Å². The molecule has 4 nitrogen and oxygen atoms in total. The quantitative estimate of drug-likeness (QED) is 0.755. The van der Waals surface area contributed by atoms with E-state index in [2.05, 4.69) is 5.32 Å². The molecule has 6 heteroatoms. The van der Waals surface area contributed by atoms with E-state index in [0.29, 0.717) is 13.0 Å². The highest BCUT2D eigenvalue weighted by Crippen LogP contribution is 2.47. The van der Waals surface area contributed by atoms with E-state index in [1.54, 1.807) is 6.92 Å². The summed E-state index contributed by atoms with van der Waals surface area (Å²) in [4.78, 5) is 11.1. The molecule has 0 spiro atoms. The monoisotopic (exact) mass is 251 g/mol. The Morgan fingerprint density at radius 2 is 2.12 bits per heavy atom. The van der Waals surface area contributed by atoms with Crippen LogP contribution < -0.4 is 5.32 Å². The molecular formula is C10H18FNO3S. The average Bonchev–Trinajstić information content (AvgIpc) is 2.70. The standard InChI is InChI=1S/C10H18FNO3S/c1-3-12-9(13)4-5-16(14,15)7-8-6-10(8,2)11/h8H,3-7H2,1-2H3,(H,12,13). The first-order valence-corrected chi connectivity index (χ1v) is 7.25. The molecule has 0 radical (unpaired) electrons. The molecule has 94 valence electrons. The van der Waals surface area contributed by atoms with Crippen molar-refractivity contribution < 1.29 is 17.6 Å². The summed E-state index contributed by atoms with van der Waals surface area (Å²) < 4.78 is 36.2. The lowest BCUT2D eigenvalue weighted by atomic mass is 10.3. The fourth-order valence-electron chi connectivity index (χ4n) is 1.58. The highest BCUT2D eigenvalue weighted by Gasteiger charge is 2.52. The highest BCUT2D eigenvalue weighted by molar-refractivity contribution is 7.91. The van der Waals surface area contributed by atoms with E-state index in [4.69, 9.17) is 0 Å². The summed E-state index contributed by atoms with van der Waals surface area (Å²) in [6.45, 7) is 3.67. The third-order valence-corrected chi connectivity index (χ3v) is 4.54. The number of rotatable bonds is 6. The predicted octanol–water partition coefficient (Wildman–Crippen LogP) is 0.675. The summed E-state index contributed by atoms with van der Waals surface area (Å²) >= 11 is 0. The minimum absolute atomic E-state index is 0.0358. The molecule has 2 unspecified atom stereocenters. The molecule has 0 saturated heterocycles. The van der Waals surface area contributed by atoms with Crippen molar-refractivity contribution in [3.63, 3.8) is 0 Å². The van der Waals surface area contributed by atoms with Gasteiger partial charge in [0.15, 0.2) is 9.84 Å². The number of carbonyl (C=O) groups excluding carboxylic acids is 1. The van der Waals surface area contributed by atoms with Crippen LogP contribution in [0.15, 0.2) is 0 Å². The van der Waals surface area contributed by atoms with Gasteiger partial charge in [0, 0.05) is 18.9 Å². The van der Waals surface area contributed by atoms with E-state index in [1.165, 1.54) is 6.92 Å². The second-order valence-electron chi connectivity index (χ2n) is 4.50. The molecule has 0 aliphatic heterocycles. The molecule has 0 aromatic heterocycles. The molecule has 2 atom stereocenters.